The summed E-state index contributed by atoms with van der Waals surface area (Å²) in [5.41, 5.74) is 7.78. The molecule has 154 valence electrons. The summed E-state index contributed by atoms with van der Waals surface area (Å²) in [6, 6.07) is 8.66. The summed E-state index contributed by atoms with van der Waals surface area (Å²) in [6.45, 7) is 1.91. The van der Waals surface area contributed by atoms with E-state index in [-0.39, 0.29) is 11.8 Å². The van der Waals surface area contributed by atoms with Gasteiger partial charge in [-0.2, -0.15) is 23.3 Å². The molecule has 0 saturated carbocycles. The summed E-state index contributed by atoms with van der Waals surface area (Å²) in [7, 11) is 0. The van der Waals surface area contributed by atoms with E-state index in [9.17, 15) is 17.6 Å². The lowest BCUT2D eigenvalue weighted by Crippen LogP contribution is -2.05. The van der Waals surface area contributed by atoms with E-state index in [4.69, 9.17) is 5.73 Å². The van der Waals surface area contributed by atoms with E-state index in [1.807, 2.05) is 6.92 Å². The number of nitrogen functional groups attached to an aromatic ring is 1. The zero-order valence-electron chi connectivity index (χ0n) is 15.7. The van der Waals surface area contributed by atoms with Crippen LogP contribution in [0.3, 0.4) is 0 Å². The van der Waals surface area contributed by atoms with Crippen molar-refractivity contribution in [3.8, 4) is 11.3 Å². The van der Waals surface area contributed by atoms with Crippen LogP contribution in [0.1, 0.15) is 18.2 Å². The molecule has 0 atom stereocenters. The topological polar surface area (TPSA) is 81.1 Å². The van der Waals surface area contributed by atoms with E-state index >= 15 is 0 Å². The fraction of sp³-hybridized carbons (Fsp3) is 0.150. The molecular formula is C20H16F4N6. The van der Waals surface area contributed by atoms with Gasteiger partial charge in [0.2, 0.25) is 5.95 Å². The molecule has 4 rings (SSSR count). The Kier molecular flexibility index (Phi) is 4.76. The highest BCUT2D eigenvalue weighted by atomic mass is 19.4. The number of nitrogens with two attached hydrogens (primary N) is 1. The SMILES string of the molecule is CCc1nn2ccc(F)cc2c1-c1cc(N)nc(Nc2ccc(C(F)(F)F)cc2)n1. The number of pyridine rings is 1. The Balaban J connectivity index is 1.74. The third-order valence-electron chi connectivity index (χ3n) is 4.47. The van der Waals surface area contributed by atoms with Crippen LogP contribution in [-0.2, 0) is 12.6 Å². The predicted octanol–water partition coefficient (Wildman–Crippen LogP) is 4.84. The van der Waals surface area contributed by atoms with Gasteiger partial charge in [0.15, 0.2) is 0 Å². The van der Waals surface area contributed by atoms with E-state index in [1.165, 1.54) is 30.5 Å². The average molecular weight is 416 g/mol. The molecule has 0 spiro atoms. The average Bonchev–Trinajstić information content (AvgIpc) is 3.05. The second-order valence-electron chi connectivity index (χ2n) is 6.55. The smallest absolute Gasteiger partial charge is 0.384 e. The Morgan fingerprint density at radius 2 is 1.80 bits per heavy atom. The van der Waals surface area contributed by atoms with E-state index in [0.29, 0.717) is 34.6 Å². The molecule has 3 N–H and O–H groups in total. The number of nitrogens with one attached hydrogen (secondary N) is 1. The lowest BCUT2D eigenvalue weighted by Gasteiger charge is -2.10. The van der Waals surface area contributed by atoms with Gasteiger partial charge in [0, 0.05) is 29.6 Å². The number of aryl methyl sites for hydroxylation is 1. The number of hydrogen-bond donors (Lipinski definition) is 2. The third kappa shape index (κ3) is 3.76. The number of rotatable bonds is 4. The fourth-order valence-electron chi connectivity index (χ4n) is 3.12. The van der Waals surface area contributed by atoms with Crippen molar-refractivity contribution in [1.82, 2.24) is 19.6 Å². The summed E-state index contributed by atoms with van der Waals surface area (Å²) in [6.07, 6.45) is -2.34. The first kappa shape index (κ1) is 19.6. The molecule has 0 amide bonds. The minimum Gasteiger partial charge on any atom is -0.384 e. The third-order valence-corrected chi connectivity index (χ3v) is 4.47. The summed E-state index contributed by atoms with van der Waals surface area (Å²) >= 11 is 0. The van der Waals surface area contributed by atoms with Gasteiger partial charge in [-0.1, -0.05) is 6.92 Å². The van der Waals surface area contributed by atoms with E-state index in [1.54, 1.807) is 10.6 Å². The van der Waals surface area contributed by atoms with Crippen LogP contribution < -0.4 is 11.1 Å². The Morgan fingerprint density at radius 3 is 2.47 bits per heavy atom. The van der Waals surface area contributed by atoms with Gasteiger partial charge in [-0.3, -0.25) is 0 Å². The van der Waals surface area contributed by atoms with Gasteiger partial charge in [-0.05, 0) is 36.8 Å². The van der Waals surface area contributed by atoms with Gasteiger partial charge in [0.25, 0.3) is 0 Å². The molecule has 4 aromatic rings. The van der Waals surface area contributed by atoms with Crippen LogP contribution in [-0.4, -0.2) is 19.6 Å². The van der Waals surface area contributed by atoms with Crippen molar-refractivity contribution in [1.29, 1.82) is 0 Å². The Hall–Kier alpha value is -3.69. The molecule has 0 saturated heterocycles. The first-order valence-corrected chi connectivity index (χ1v) is 9.00. The van der Waals surface area contributed by atoms with Crippen molar-refractivity contribution in [2.45, 2.75) is 19.5 Å². The normalized spacial score (nSPS) is 11.8. The molecule has 6 nitrogen and oxygen atoms in total. The molecule has 0 aliphatic carbocycles. The Labute approximate surface area is 168 Å². The minimum absolute atomic E-state index is 0.0996. The lowest BCUT2D eigenvalue weighted by atomic mass is 10.1. The van der Waals surface area contributed by atoms with Gasteiger partial charge in [-0.15, -0.1) is 0 Å². The zero-order chi connectivity index (χ0) is 21.5. The van der Waals surface area contributed by atoms with Crippen molar-refractivity contribution in [3.05, 3.63) is 65.7 Å². The molecule has 0 radical (unpaired) electrons. The van der Waals surface area contributed by atoms with Gasteiger partial charge in [0.1, 0.15) is 11.6 Å². The standard InChI is InChI=1S/C20H16F4N6/c1-2-14-18(16-9-12(21)7-8-30(16)29-14)15-10-17(25)28-19(27-15)26-13-5-3-11(4-6-13)20(22,23)24/h3-10H,2H2,1H3,(H3,25,26,27,28). The fourth-order valence-corrected chi connectivity index (χ4v) is 3.12. The highest BCUT2D eigenvalue weighted by Crippen LogP contribution is 2.32. The molecule has 0 bridgehead atoms. The number of alkyl halides is 3. The second-order valence-corrected chi connectivity index (χ2v) is 6.55. The van der Waals surface area contributed by atoms with Crippen molar-refractivity contribution in [2.24, 2.45) is 0 Å². The maximum atomic E-state index is 13.8. The molecule has 3 aromatic heterocycles. The maximum absolute atomic E-state index is 13.8. The largest absolute Gasteiger partial charge is 0.416 e. The van der Waals surface area contributed by atoms with Crippen LogP contribution in [0, 0.1) is 5.82 Å². The van der Waals surface area contributed by atoms with E-state index < -0.39 is 17.6 Å². The number of anilines is 3. The zero-order valence-corrected chi connectivity index (χ0v) is 15.7. The molecule has 1 aromatic carbocycles. The first-order chi connectivity index (χ1) is 14.2. The van der Waals surface area contributed by atoms with Crippen LogP contribution in [0.2, 0.25) is 0 Å². The highest BCUT2D eigenvalue weighted by molar-refractivity contribution is 5.82. The van der Waals surface area contributed by atoms with Crippen LogP contribution >= 0.6 is 0 Å². The van der Waals surface area contributed by atoms with Gasteiger partial charge in [0.05, 0.1) is 22.5 Å². The molecule has 0 aliphatic heterocycles. The molecule has 10 heteroatoms. The molecule has 3 heterocycles. The molecule has 30 heavy (non-hydrogen) atoms. The number of nitrogens with zero attached hydrogens (tertiary/aromatic N) is 4. The number of hydrogen-bond acceptors (Lipinski definition) is 5. The van der Waals surface area contributed by atoms with E-state index in [2.05, 4.69) is 20.4 Å². The molecular weight excluding hydrogens is 400 g/mol. The lowest BCUT2D eigenvalue weighted by molar-refractivity contribution is -0.137. The first-order valence-electron chi connectivity index (χ1n) is 9.00. The van der Waals surface area contributed by atoms with Crippen LogP contribution in [0.4, 0.5) is 35.0 Å². The molecule has 0 aliphatic rings. The van der Waals surface area contributed by atoms with Gasteiger partial charge in [-0.25, -0.2) is 13.9 Å². The summed E-state index contributed by atoms with van der Waals surface area (Å²) in [5.74, 6) is -0.175. The highest BCUT2D eigenvalue weighted by Gasteiger charge is 2.30. The monoisotopic (exact) mass is 416 g/mol. The summed E-state index contributed by atoms with van der Waals surface area (Å²) in [5, 5.41) is 7.30. The molecule has 0 fully saturated rings. The van der Waals surface area contributed by atoms with Gasteiger partial charge < -0.3 is 11.1 Å². The predicted molar refractivity (Wildman–Crippen MR) is 105 cm³/mol. The number of benzene rings is 1. The summed E-state index contributed by atoms with van der Waals surface area (Å²) < 4.78 is 53.6. The van der Waals surface area contributed by atoms with Gasteiger partial charge >= 0.3 is 6.18 Å². The molecule has 0 unspecified atom stereocenters. The number of halogens is 4. The Bertz CT molecular complexity index is 1210. The maximum Gasteiger partial charge on any atom is 0.416 e. The Morgan fingerprint density at radius 1 is 1.07 bits per heavy atom. The van der Waals surface area contributed by atoms with Crippen LogP contribution in [0.5, 0.6) is 0 Å². The van der Waals surface area contributed by atoms with Crippen molar-refractivity contribution in [3.63, 3.8) is 0 Å². The second kappa shape index (κ2) is 7.29. The number of fused-ring (bicyclic) bond motifs is 1. The van der Waals surface area contributed by atoms with Crippen molar-refractivity contribution in [2.75, 3.05) is 11.1 Å². The minimum atomic E-state index is -4.42. The van der Waals surface area contributed by atoms with Crippen molar-refractivity contribution < 1.29 is 17.6 Å². The van der Waals surface area contributed by atoms with Crippen molar-refractivity contribution >= 4 is 23.0 Å². The number of aromatic nitrogens is 4. The van der Waals surface area contributed by atoms with Crippen LogP contribution in [0.15, 0.2) is 48.7 Å². The van der Waals surface area contributed by atoms with E-state index in [0.717, 1.165) is 12.1 Å². The van der Waals surface area contributed by atoms with Crippen LogP contribution in [0.25, 0.3) is 16.8 Å². The quantitative estimate of drug-likeness (QED) is 0.466. The summed E-state index contributed by atoms with van der Waals surface area (Å²) in [4.78, 5) is 8.53.